The molecule has 0 amide bonds. The lowest BCUT2D eigenvalue weighted by Gasteiger charge is -2.44. The Balaban J connectivity index is 2.06. The van der Waals surface area contributed by atoms with E-state index in [0.717, 1.165) is 18.9 Å². The molecule has 3 atom stereocenters. The van der Waals surface area contributed by atoms with Crippen molar-refractivity contribution in [2.75, 3.05) is 7.05 Å². The number of hydrogen-bond acceptors (Lipinski definition) is 2. The highest BCUT2D eigenvalue weighted by atomic mass is 15.1. The van der Waals surface area contributed by atoms with Crippen molar-refractivity contribution in [3.63, 3.8) is 0 Å². The summed E-state index contributed by atoms with van der Waals surface area (Å²) in [7, 11) is 2.24. The minimum atomic E-state index is 0.317. The zero-order chi connectivity index (χ0) is 15.6. The van der Waals surface area contributed by atoms with Gasteiger partial charge < -0.3 is 5.73 Å². The molecule has 1 aromatic rings. The Morgan fingerprint density at radius 3 is 2.48 bits per heavy atom. The Bertz CT molecular complexity index is 461. The number of hydrogen-bond donors (Lipinski definition) is 1. The third-order valence-electron chi connectivity index (χ3n) is 5.34. The van der Waals surface area contributed by atoms with Gasteiger partial charge in [-0.25, -0.2) is 0 Å². The standard InChI is InChI=1S/C19H32N2/c1-14-8-6-7-9-15(14)13-21(5)18-12-16(19(2,3)4)10-11-17(18)20/h6-9,16-18H,10-13,20H2,1-5H3. The van der Waals surface area contributed by atoms with E-state index in [1.807, 2.05) is 0 Å². The topological polar surface area (TPSA) is 29.3 Å². The maximum Gasteiger partial charge on any atom is 0.0250 e. The van der Waals surface area contributed by atoms with Crippen LogP contribution in [-0.2, 0) is 6.54 Å². The van der Waals surface area contributed by atoms with Crippen LogP contribution in [0.15, 0.2) is 24.3 Å². The first-order chi connectivity index (χ1) is 9.79. The van der Waals surface area contributed by atoms with Crippen molar-refractivity contribution in [1.82, 2.24) is 4.90 Å². The molecule has 0 saturated heterocycles. The minimum absolute atomic E-state index is 0.317. The fourth-order valence-corrected chi connectivity index (χ4v) is 3.64. The Hall–Kier alpha value is -0.860. The van der Waals surface area contributed by atoms with Crippen LogP contribution in [0.5, 0.6) is 0 Å². The van der Waals surface area contributed by atoms with Crippen LogP contribution in [0, 0.1) is 18.3 Å². The van der Waals surface area contributed by atoms with Crippen molar-refractivity contribution in [2.24, 2.45) is 17.1 Å². The predicted molar refractivity (Wildman–Crippen MR) is 91.2 cm³/mol. The molecule has 1 saturated carbocycles. The first-order valence-corrected chi connectivity index (χ1v) is 8.29. The summed E-state index contributed by atoms with van der Waals surface area (Å²) in [4.78, 5) is 2.48. The number of nitrogens with two attached hydrogens (primary N) is 1. The third-order valence-corrected chi connectivity index (χ3v) is 5.34. The van der Waals surface area contributed by atoms with Crippen LogP contribution < -0.4 is 5.73 Å². The molecule has 0 radical (unpaired) electrons. The van der Waals surface area contributed by atoms with E-state index in [2.05, 4.69) is 63.9 Å². The van der Waals surface area contributed by atoms with Gasteiger partial charge in [0.2, 0.25) is 0 Å². The third kappa shape index (κ3) is 4.08. The first kappa shape index (κ1) is 16.5. The van der Waals surface area contributed by atoms with Crippen molar-refractivity contribution in [3.05, 3.63) is 35.4 Å². The number of nitrogens with zero attached hydrogens (tertiary/aromatic N) is 1. The largest absolute Gasteiger partial charge is 0.326 e. The zero-order valence-corrected chi connectivity index (χ0v) is 14.4. The van der Waals surface area contributed by atoms with Crippen LogP contribution in [0.1, 0.15) is 51.2 Å². The summed E-state index contributed by atoms with van der Waals surface area (Å²) >= 11 is 0. The summed E-state index contributed by atoms with van der Waals surface area (Å²) in [6.07, 6.45) is 3.66. The smallest absolute Gasteiger partial charge is 0.0250 e. The van der Waals surface area contributed by atoms with Gasteiger partial charge >= 0.3 is 0 Å². The van der Waals surface area contributed by atoms with Crippen molar-refractivity contribution in [1.29, 1.82) is 0 Å². The molecule has 1 fully saturated rings. The average molecular weight is 288 g/mol. The Kier molecular flexibility index (Phi) is 5.11. The number of aryl methyl sites for hydroxylation is 1. The van der Waals surface area contributed by atoms with Crippen LogP contribution in [0.2, 0.25) is 0 Å². The van der Waals surface area contributed by atoms with Crippen LogP contribution in [-0.4, -0.2) is 24.0 Å². The van der Waals surface area contributed by atoms with Gasteiger partial charge in [0, 0.05) is 18.6 Å². The van der Waals surface area contributed by atoms with Gasteiger partial charge in [-0.2, -0.15) is 0 Å². The van der Waals surface area contributed by atoms with E-state index in [-0.39, 0.29) is 0 Å². The average Bonchev–Trinajstić information content (AvgIpc) is 2.40. The highest BCUT2D eigenvalue weighted by Crippen LogP contribution is 2.39. The number of benzene rings is 1. The van der Waals surface area contributed by atoms with Crippen molar-refractivity contribution >= 4 is 0 Å². The molecule has 0 aromatic heterocycles. The van der Waals surface area contributed by atoms with Crippen LogP contribution in [0.3, 0.4) is 0 Å². The fourth-order valence-electron chi connectivity index (χ4n) is 3.64. The van der Waals surface area contributed by atoms with E-state index >= 15 is 0 Å². The molecule has 1 aromatic carbocycles. The Labute approximate surface area is 130 Å². The molecular formula is C19H32N2. The first-order valence-electron chi connectivity index (χ1n) is 8.29. The maximum absolute atomic E-state index is 6.44. The van der Waals surface area contributed by atoms with Gasteiger partial charge in [0.1, 0.15) is 0 Å². The SMILES string of the molecule is Cc1ccccc1CN(C)C1CC(C(C)(C)C)CCC1N. The summed E-state index contributed by atoms with van der Waals surface area (Å²) in [5, 5.41) is 0. The van der Waals surface area contributed by atoms with Crippen LogP contribution in [0.25, 0.3) is 0 Å². The lowest BCUT2D eigenvalue weighted by atomic mass is 9.69. The molecule has 0 spiro atoms. The molecule has 2 N–H and O–H groups in total. The van der Waals surface area contributed by atoms with Crippen LogP contribution >= 0.6 is 0 Å². The van der Waals surface area contributed by atoms with Crippen molar-refractivity contribution in [2.45, 2.75) is 65.6 Å². The van der Waals surface area contributed by atoms with Gasteiger partial charge in [-0.05, 0) is 55.7 Å². The number of rotatable bonds is 3. The zero-order valence-electron chi connectivity index (χ0n) is 14.4. The Morgan fingerprint density at radius 1 is 1.19 bits per heavy atom. The monoisotopic (exact) mass is 288 g/mol. The van der Waals surface area contributed by atoms with E-state index < -0.39 is 0 Å². The lowest BCUT2D eigenvalue weighted by Crippen LogP contribution is -2.51. The second-order valence-electron chi connectivity index (χ2n) is 7.95. The van der Waals surface area contributed by atoms with E-state index in [9.17, 15) is 0 Å². The molecule has 118 valence electrons. The molecule has 2 rings (SSSR count). The van der Waals surface area contributed by atoms with Gasteiger partial charge in [-0.1, -0.05) is 45.0 Å². The van der Waals surface area contributed by atoms with E-state index in [1.54, 1.807) is 0 Å². The summed E-state index contributed by atoms with van der Waals surface area (Å²) in [6.45, 7) is 10.3. The maximum atomic E-state index is 6.44. The number of likely N-dealkylation sites (N-methyl/N-ethyl adjacent to an activating group) is 1. The molecule has 1 aliphatic rings. The normalized spacial score (nSPS) is 27.1. The lowest BCUT2D eigenvalue weighted by molar-refractivity contribution is 0.0804. The van der Waals surface area contributed by atoms with E-state index in [0.29, 0.717) is 17.5 Å². The summed E-state index contributed by atoms with van der Waals surface area (Å²) in [6, 6.07) is 9.50. The summed E-state index contributed by atoms with van der Waals surface area (Å²) < 4.78 is 0. The van der Waals surface area contributed by atoms with Gasteiger partial charge in [-0.15, -0.1) is 0 Å². The van der Waals surface area contributed by atoms with E-state index in [4.69, 9.17) is 5.73 Å². The second-order valence-corrected chi connectivity index (χ2v) is 7.95. The van der Waals surface area contributed by atoms with Gasteiger partial charge in [-0.3, -0.25) is 4.90 Å². The second kappa shape index (κ2) is 6.50. The fraction of sp³-hybridized carbons (Fsp3) is 0.684. The Morgan fingerprint density at radius 2 is 1.86 bits per heavy atom. The molecule has 0 heterocycles. The van der Waals surface area contributed by atoms with Gasteiger partial charge in [0.05, 0.1) is 0 Å². The molecule has 21 heavy (non-hydrogen) atoms. The van der Waals surface area contributed by atoms with Crippen LogP contribution in [0.4, 0.5) is 0 Å². The quantitative estimate of drug-likeness (QED) is 0.912. The molecule has 2 nitrogen and oxygen atoms in total. The highest BCUT2D eigenvalue weighted by Gasteiger charge is 2.36. The molecule has 1 aliphatic carbocycles. The minimum Gasteiger partial charge on any atom is -0.326 e. The van der Waals surface area contributed by atoms with Gasteiger partial charge in [0.25, 0.3) is 0 Å². The summed E-state index contributed by atoms with van der Waals surface area (Å²) in [5.41, 5.74) is 9.62. The van der Waals surface area contributed by atoms with Gasteiger partial charge in [0.15, 0.2) is 0 Å². The molecular weight excluding hydrogens is 256 g/mol. The van der Waals surface area contributed by atoms with Crippen molar-refractivity contribution in [3.8, 4) is 0 Å². The highest BCUT2D eigenvalue weighted by molar-refractivity contribution is 5.25. The van der Waals surface area contributed by atoms with Crippen molar-refractivity contribution < 1.29 is 0 Å². The molecule has 2 heteroatoms. The summed E-state index contributed by atoms with van der Waals surface area (Å²) in [5.74, 6) is 0.779. The van der Waals surface area contributed by atoms with E-state index in [1.165, 1.54) is 24.0 Å². The molecule has 0 aliphatic heterocycles. The predicted octanol–water partition coefficient (Wildman–Crippen LogP) is 3.97. The molecule has 3 unspecified atom stereocenters. The molecule has 0 bridgehead atoms.